The van der Waals surface area contributed by atoms with E-state index in [0.717, 1.165) is 16.7 Å². The summed E-state index contributed by atoms with van der Waals surface area (Å²) in [6, 6.07) is 16.2. The second-order valence-electron chi connectivity index (χ2n) is 4.94. The van der Waals surface area contributed by atoms with Gasteiger partial charge in [0.05, 0.1) is 0 Å². The fraction of sp³-hybridized carbons (Fsp3) is 0.235. The number of hydrogen-bond donors (Lipinski definition) is 3. The molecule has 2 unspecified atom stereocenters. The number of hydrogen-bond acceptors (Lipinski definition) is 3. The molecule has 2 aromatic carbocycles. The smallest absolute Gasteiger partial charge is 0.321 e. The Balaban J connectivity index is 2.10. The number of aliphatic hydroxyl groups excluding tert-OH is 1. The van der Waals surface area contributed by atoms with Crippen LogP contribution >= 0.6 is 0 Å². The summed E-state index contributed by atoms with van der Waals surface area (Å²) in [6.45, 7) is 0. The Kier molecular flexibility index (Phi) is 5.09. The maximum atomic E-state index is 11.0. The van der Waals surface area contributed by atoms with E-state index in [2.05, 4.69) is 5.32 Å². The third kappa shape index (κ3) is 3.90. The van der Waals surface area contributed by atoms with E-state index in [1.165, 1.54) is 0 Å². The van der Waals surface area contributed by atoms with E-state index in [1.54, 1.807) is 7.05 Å². The lowest BCUT2D eigenvalue weighted by molar-refractivity contribution is -0.139. The van der Waals surface area contributed by atoms with Gasteiger partial charge in [0.1, 0.15) is 12.1 Å². The monoisotopic (exact) mass is 285 g/mol. The molecule has 0 radical (unpaired) electrons. The van der Waals surface area contributed by atoms with Crippen LogP contribution in [-0.4, -0.2) is 29.3 Å². The molecule has 110 valence electrons. The van der Waals surface area contributed by atoms with Crippen LogP contribution in [-0.2, 0) is 11.2 Å². The van der Waals surface area contributed by atoms with Crippen LogP contribution in [0.15, 0.2) is 54.6 Å². The van der Waals surface area contributed by atoms with Gasteiger partial charge < -0.3 is 15.5 Å². The van der Waals surface area contributed by atoms with Crippen LogP contribution in [0.25, 0.3) is 0 Å². The summed E-state index contributed by atoms with van der Waals surface area (Å²) in [7, 11) is 1.63. The third-order valence-corrected chi connectivity index (χ3v) is 3.50. The third-order valence-electron chi connectivity index (χ3n) is 3.50. The molecule has 0 saturated carbocycles. The van der Waals surface area contributed by atoms with Crippen molar-refractivity contribution in [2.24, 2.45) is 0 Å². The molecule has 4 nitrogen and oxygen atoms in total. The molecule has 0 aliphatic carbocycles. The molecule has 4 heteroatoms. The van der Waals surface area contributed by atoms with Crippen molar-refractivity contribution in [2.45, 2.75) is 18.6 Å². The molecule has 0 aliphatic rings. The van der Waals surface area contributed by atoms with Crippen molar-refractivity contribution in [3.05, 3.63) is 71.3 Å². The van der Waals surface area contributed by atoms with Crippen LogP contribution < -0.4 is 5.32 Å². The van der Waals surface area contributed by atoms with Gasteiger partial charge in [-0.3, -0.25) is 4.79 Å². The Hall–Kier alpha value is -2.17. The second-order valence-corrected chi connectivity index (χ2v) is 4.94. The van der Waals surface area contributed by atoms with Crippen molar-refractivity contribution in [1.82, 2.24) is 5.32 Å². The fourth-order valence-electron chi connectivity index (χ4n) is 2.21. The summed E-state index contributed by atoms with van der Waals surface area (Å²) in [5.74, 6) is -0.870. The van der Waals surface area contributed by atoms with E-state index in [4.69, 9.17) is 5.11 Å². The normalized spacial score (nSPS) is 13.6. The van der Waals surface area contributed by atoms with Crippen LogP contribution in [0.5, 0.6) is 0 Å². The first kappa shape index (κ1) is 15.2. The molecule has 21 heavy (non-hydrogen) atoms. The fourth-order valence-corrected chi connectivity index (χ4v) is 2.21. The minimum atomic E-state index is -0.870. The van der Waals surface area contributed by atoms with E-state index in [9.17, 15) is 9.90 Å². The van der Waals surface area contributed by atoms with Crippen LogP contribution in [0, 0.1) is 0 Å². The van der Waals surface area contributed by atoms with E-state index >= 15 is 0 Å². The molecule has 0 heterocycles. The first-order valence-corrected chi connectivity index (χ1v) is 6.83. The van der Waals surface area contributed by atoms with Crippen LogP contribution in [0.2, 0.25) is 0 Å². The Morgan fingerprint density at radius 2 is 1.62 bits per heavy atom. The quantitative estimate of drug-likeness (QED) is 0.759. The number of nitrogens with one attached hydrogen (secondary N) is 1. The highest BCUT2D eigenvalue weighted by Crippen LogP contribution is 2.22. The van der Waals surface area contributed by atoms with Gasteiger partial charge >= 0.3 is 5.97 Å². The lowest BCUT2D eigenvalue weighted by Gasteiger charge is -2.14. The number of aliphatic carboxylic acids is 1. The predicted octanol–water partition coefficient (Wildman–Crippen LogP) is 1.98. The first-order chi connectivity index (χ1) is 10.1. The molecule has 0 bridgehead atoms. The zero-order valence-electron chi connectivity index (χ0n) is 11.9. The minimum absolute atomic E-state index is 0.410. The van der Waals surface area contributed by atoms with Gasteiger partial charge in [-0.2, -0.15) is 0 Å². The zero-order valence-corrected chi connectivity index (χ0v) is 11.9. The van der Waals surface area contributed by atoms with Gasteiger partial charge in [0, 0.05) is 0 Å². The highest BCUT2D eigenvalue weighted by Gasteiger charge is 2.16. The number of likely N-dealkylation sites (N-methyl/N-ethyl adjacent to an activating group) is 1. The van der Waals surface area contributed by atoms with Crippen molar-refractivity contribution in [2.75, 3.05) is 7.05 Å². The van der Waals surface area contributed by atoms with E-state index in [1.807, 2.05) is 54.6 Å². The van der Waals surface area contributed by atoms with Crippen molar-refractivity contribution in [3.63, 3.8) is 0 Å². The maximum absolute atomic E-state index is 11.0. The number of carbonyl (C=O) groups is 1. The molecule has 2 atom stereocenters. The molecular weight excluding hydrogens is 266 g/mol. The Morgan fingerprint density at radius 3 is 2.14 bits per heavy atom. The van der Waals surface area contributed by atoms with Crippen molar-refractivity contribution in [1.29, 1.82) is 0 Å². The van der Waals surface area contributed by atoms with E-state index in [0.29, 0.717) is 6.42 Å². The molecule has 3 N–H and O–H groups in total. The maximum Gasteiger partial charge on any atom is 0.321 e. The number of benzene rings is 2. The van der Waals surface area contributed by atoms with Gasteiger partial charge in [-0.05, 0) is 30.2 Å². The van der Waals surface area contributed by atoms with Gasteiger partial charge in [0.2, 0.25) is 0 Å². The second kappa shape index (κ2) is 7.02. The summed E-state index contributed by atoms with van der Waals surface area (Å²) in [5.41, 5.74) is 2.55. The van der Waals surface area contributed by atoms with Crippen molar-refractivity contribution in [3.8, 4) is 0 Å². The van der Waals surface area contributed by atoms with Crippen LogP contribution in [0.3, 0.4) is 0 Å². The molecule has 0 spiro atoms. The summed E-state index contributed by atoms with van der Waals surface area (Å²) in [5, 5.41) is 22.1. The highest BCUT2D eigenvalue weighted by molar-refractivity contribution is 5.73. The molecular formula is C17H19NO3. The Labute approximate surface area is 124 Å². The summed E-state index contributed by atoms with van der Waals surface area (Å²) < 4.78 is 0. The van der Waals surface area contributed by atoms with Crippen LogP contribution in [0.1, 0.15) is 22.8 Å². The molecule has 0 saturated heterocycles. The topological polar surface area (TPSA) is 69.6 Å². The molecule has 0 amide bonds. The lowest BCUT2D eigenvalue weighted by atomic mass is 9.98. The summed E-state index contributed by atoms with van der Waals surface area (Å²) >= 11 is 0. The SMILES string of the molecule is CNC(Cc1ccc(C(O)c2ccccc2)cc1)C(=O)O. The van der Waals surface area contributed by atoms with Gasteiger partial charge in [-0.25, -0.2) is 0 Å². The van der Waals surface area contributed by atoms with Crippen molar-refractivity contribution < 1.29 is 15.0 Å². The standard InChI is InChI=1S/C17H19NO3/c1-18-15(17(20)21)11-12-7-9-14(10-8-12)16(19)13-5-3-2-4-6-13/h2-10,15-16,18-19H,11H2,1H3,(H,20,21). The Bertz CT molecular complexity index is 581. The van der Waals surface area contributed by atoms with Crippen molar-refractivity contribution >= 4 is 5.97 Å². The molecule has 0 fully saturated rings. The number of rotatable bonds is 6. The van der Waals surface area contributed by atoms with Gasteiger partial charge in [-0.15, -0.1) is 0 Å². The lowest BCUT2D eigenvalue weighted by Crippen LogP contribution is -2.35. The van der Waals surface area contributed by atoms with Gasteiger partial charge in [0.15, 0.2) is 0 Å². The zero-order chi connectivity index (χ0) is 15.2. The molecule has 2 aromatic rings. The summed E-state index contributed by atoms with van der Waals surface area (Å²) in [4.78, 5) is 11.0. The average Bonchev–Trinajstić information content (AvgIpc) is 2.53. The van der Waals surface area contributed by atoms with E-state index < -0.39 is 18.1 Å². The minimum Gasteiger partial charge on any atom is -0.480 e. The van der Waals surface area contributed by atoms with Gasteiger partial charge in [-0.1, -0.05) is 54.6 Å². The summed E-state index contributed by atoms with van der Waals surface area (Å²) in [6.07, 6.45) is -0.257. The van der Waals surface area contributed by atoms with Crippen LogP contribution in [0.4, 0.5) is 0 Å². The number of carboxylic acid groups (broad SMARTS) is 1. The molecule has 0 aliphatic heterocycles. The molecule has 2 rings (SSSR count). The average molecular weight is 285 g/mol. The van der Waals surface area contributed by atoms with E-state index in [-0.39, 0.29) is 0 Å². The first-order valence-electron chi connectivity index (χ1n) is 6.83. The largest absolute Gasteiger partial charge is 0.480 e. The predicted molar refractivity (Wildman–Crippen MR) is 81.1 cm³/mol. The number of carboxylic acids is 1. The highest BCUT2D eigenvalue weighted by atomic mass is 16.4. The number of aliphatic hydroxyl groups is 1. The van der Waals surface area contributed by atoms with Gasteiger partial charge in [0.25, 0.3) is 0 Å². The molecule has 0 aromatic heterocycles. The Morgan fingerprint density at radius 1 is 1.05 bits per heavy atom.